The number of carbonyl (C=O) groups is 1. The Kier molecular flexibility index (Phi) is 6.30. The summed E-state index contributed by atoms with van der Waals surface area (Å²) in [6.45, 7) is 3.26. The largest absolute Gasteiger partial charge is 0.341 e. The zero-order valence-electron chi connectivity index (χ0n) is 18.3. The molecule has 32 heavy (non-hydrogen) atoms. The van der Waals surface area contributed by atoms with Crippen LogP contribution in [0.15, 0.2) is 77.7 Å². The number of nitrogens with zero attached hydrogens (tertiary/aromatic N) is 2. The fourth-order valence-electron chi connectivity index (χ4n) is 4.05. The summed E-state index contributed by atoms with van der Waals surface area (Å²) in [4.78, 5) is 12.7. The lowest BCUT2D eigenvalue weighted by Crippen LogP contribution is -2.28. The first-order valence-electron chi connectivity index (χ1n) is 10.7. The van der Waals surface area contributed by atoms with E-state index in [2.05, 4.69) is 28.9 Å². The second kappa shape index (κ2) is 9.14. The minimum Gasteiger partial charge on any atom is -0.341 e. The number of hydrogen-bond acceptors (Lipinski definition) is 3. The monoisotopic (exact) mass is 449 g/mol. The van der Waals surface area contributed by atoms with Crippen molar-refractivity contribution in [1.82, 2.24) is 8.87 Å². The lowest BCUT2D eigenvalue weighted by Gasteiger charge is -2.17. The maximum absolute atomic E-state index is 12.6. The van der Waals surface area contributed by atoms with Gasteiger partial charge in [-0.25, -0.2) is 12.7 Å². The first-order valence-corrected chi connectivity index (χ1v) is 12.2. The van der Waals surface area contributed by atoms with Crippen LogP contribution < -0.4 is 5.32 Å². The predicted molar refractivity (Wildman–Crippen MR) is 129 cm³/mol. The topological polar surface area (TPSA) is 71.4 Å². The van der Waals surface area contributed by atoms with Crippen LogP contribution in [0, 0.1) is 0 Å². The van der Waals surface area contributed by atoms with Gasteiger partial charge in [-0.3, -0.25) is 4.79 Å². The summed E-state index contributed by atoms with van der Waals surface area (Å²) in [5.74, 6) is -0.130. The molecule has 1 N–H and O–H groups in total. The fourth-order valence-corrected chi connectivity index (χ4v) is 5.28. The van der Waals surface area contributed by atoms with E-state index in [4.69, 9.17) is 0 Å². The molecular formula is C25H27N3O3S. The lowest BCUT2D eigenvalue weighted by molar-refractivity contribution is -0.116. The van der Waals surface area contributed by atoms with Crippen molar-refractivity contribution >= 4 is 43.4 Å². The third kappa shape index (κ3) is 4.26. The quantitative estimate of drug-likeness (QED) is 0.418. The van der Waals surface area contributed by atoms with E-state index in [1.54, 1.807) is 30.3 Å². The number of nitrogens with one attached hydrogen (secondary N) is 1. The molecule has 1 heterocycles. The molecule has 0 saturated carbocycles. The van der Waals surface area contributed by atoms with Crippen molar-refractivity contribution in [2.75, 3.05) is 18.9 Å². The van der Waals surface area contributed by atoms with Crippen molar-refractivity contribution in [2.24, 2.45) is 0 Å². The molecule has 0 unspecified atom stereocenters. The van der Waals surface area contributed by atoms with Crippen LogP contribution in [0.5, 0.6) is 0 Å². The van der Waals surface area contributed by atoms with Gasteiger partial charge in [0.25, 0.3) is 0 Å². The van der Waals surface area contributed by atoms with E-state index in [0.29, 0.717) is 6.42 Å². The third-order valence-electron chi connectivity index (χ3n) is 5.70. The highest BCUT2D eigenvalue weighted by molar-refractivity contribution is 7.89. The number of sulfonamides is 1. The maximum Gasteiger partial charge on any atom is 0.242 e. The Morgan fingerprint density at radius 1 is 0.938 bits per heavy atom. The molecule has 4 rings (SSSR count). The van der Waals surface area contributed by atoms with Crippen LogP contribution in [-0.4, -0.2) is 36.8 Å². The minimum absolute atomic E-state index is 0.130. The molecule has 1 aromatic heterocycles. The Morgan fingerprint density at radius 2 is 1.62 bits per heavy atom. The summed E-state index contributed by atoms with van der Waals surface area (Å²) >= 11 is 0. The summed E-state index contributed by atoms with van der Waals surface area (Å²) in [6, 6.07) is 22.5. The van der Waals surface area contributed by atoms with Gasteiger partial charge in [0.2, 0.25) is 15.9 Å². The van der Waals surface area contributed by atoms with Crippen molar-refractivity contribution in [1.29, 1.82) is 0 Å². The Balaban J connectivity index is 1.41. The average Bonchev–Trinajstić information content (AvgIpc) is 3.12. The van der Waals surface area contributed by atoms with Gasteiger partial charge in [0.15, 0.2) is 0 Å². The number of para-hydroxylation sites is 1. The number of carbonyl (C=O) groups excluding carboxylic acids is 1. The molecule has 166 valence electrons. The van der Waals surface area contributed by atoms with Crippen LogP contribution in [0.1, 0.15) is 19.8 Å². The number of aryl methyl sites for hydroxylation is 1. The van der Waals surface area contributed by atoms with Crippen LogP contribution in [-0.2, 0) is 21.4 Å². The van der Waals surface area contributed by atoms with E-state index in [-0.39, 0.29) is 23.8 Å². The average molecular weight is 450 g/mol. The van der Waals surface area contributed by atoms with Crippen molar-refractivity contribution in [3.05, 3.63) is 72.8 Å². The van der Waals surface area contributed by atoms with Crippen molar-refractivity contribution in [3.8, 4) is 0 Å². The molecule has 0 saturated heterocycles. The van der Waals surface area contributed by atoms with Gasteiger partial charge in [0, 0.05) is 54.1 Å². The molecule has 0 aliphatic heterocycles. The van der Waals surface area contributed by atoms with Gasteiger partial charge in [-0.1, -0.05) is 36.4 Å². The SMILES string of the molecule is CCn1c2ccccc2c2cc(NC(=O)CCCN(C)S(=O)(=O)c3ccccc3)ccc21. The summed E-state index contributed by atoms with van der Waals surface area (Å²) < 4.78 is 28.7. The van der Waals surface area contributed by atoms with Crippen LogP contribution in [0.2, 0.25) is 0 Å². The van der Waals surface area contributed by atoms with Crippen LogP contribution in [0.3, 0.4) is 0 Å². The number of aromatic nitrogens is 1. The summed E-state index contributed by atoms with van der Waals surface area (Å²) in [7, 11) is -2.00. The Morgan fingerprint density at radius 3 is 2.38 bits per heavy atom. The molecule has 0 bridgehead atoms. The van der Waals surface area contributed by atoms with Crippen LogP contribution in [0.25, 0.3) is 21.8 Å². The van der Waals surface area contributed by atoms with E-state index < -0.39 is 10.0 Å². The highest BCUT2D eigenvalue weighted by Crippen LogP contribution is 2.31. The molecule has 6 nitrogen and oxygen atoms in total. The van der Waals surface area contributed by atoms with E-state index >= 15 is 0 Å². The van der Waals surface area contributed by atoms with Gasteiger partial charge >= 0.3 is 0 Å². The molecular weight excluding hydrogens is 422 g/mol. The van der Waals surface area contributed by atoms with Gasteiger partial charge in [-0.05, 0) is 49.7 Å². The summed E-state index contributed by atoms with van der Waals surface area (Å²) in [5.41, 5.74) is 3.06. The van der Waals surface area contributed by atoms with E-state index in [1.165, 1.54) is 16.9 Å². The molecule has 0 spiro atoms. The fraction of sp³-hybridized carbons (Fsp3) is 0.240. The third-order valence-corrected chi connectivity index (χ3v) is 7.57. The molecule has 0 radical (unpaired) electrons. The standard InChI is InChI=1S/C25H27N3O3S/c1-3-28-23-13-8-7-12-21(23)22-18-19(15-16-24(22)28)26-25(29)14-9-17-27(2)32(30,31)20-10-5-4-6-11-20/h4-8,10-13,15-16,18H,3,9,14,17H2,1-2H3,(H,26,29). The number of amides is 1. The molecule has 1 amide bonds. The molecule has 4 aromatic rings. The van der Waals surface area contributed by atoms with Crippen molar-refractivity contribution in [2.45, 2.75) is 31.2 Å². The molecule has 3 aromatic carbocycles. The number of fused-ring (bicyclic) bond motifs is 3. The van der Waals surface area contributed by atoms with Gasteiger partial charge in [0.1, 0.15) is 0 Å². The Hall–Kier alpha value is -3.16. The molecule has 0 fully saturated rings. The summed E-state index contributed by atoms with van der Waals surface area (Å²) in [5, 5.41) is 5.22. The lowest BCUT2D eigenvalue weighted by atomic mass is 10.1. The second-order valence-electron chi connectivity index (χ2n) is 7.78. The first kappa shape index (κ1) is 22.0. The van der Waals surface area contributed by atoms with E-state index in [1.807, 2.05) is 30.3 Å². The smallest absolute Gasteiger partial charge is 0.242 e. The number of hydrogen-bond donors (Lipinski definition) is 1. The molecule has 0 atom stereocenters. The maximum atomic E-state index is 12.6. The zero-order valence-corrected chi connectivity index (χ0v) is 19.1. The molecule has 0 aliphatic carbocycles. The van der Waals surface area contributed by atoms with Gasteiger partial charge in [-0.15, -0.1) is 0 Å². The number of benzene rings is 3. The second-order valence-corrected chi connectivity index (χ2v) is 9.83. The first-order chi connectivity index (χ1) is 15.4. The van der Waals surface area contributed by atoms with Gasteiger partial charge in [0.05, 0.1) is 4.90 Å². The summed E-state index contributed by atoms with van der Waals surface area (Å²) in [6.07, 6.45) is 0.676. The Bertz CT molecular complexity index is 1360. The normalized spacial score (nSPS) is 12.0. The van der Waals surface area contributed by atoms with Gasteiger partial charge < -0.3 is 9.88 Å². The van der Waals surface area contributed by atoms with E-state index in [0.717, 1.165) is 28.5 Å². The predicted octanol–water partition coefficient (Wildman–Crippen LogP) is 4.85. The van der Waals surface area contributed by atoms with Crippen molar-refractivity contribution < 1.29 is 13.2 Å². The minimum atomic E-state index is -3.54. The Labute approximate surface area is 188 Å². The van der Waals surface area contributed by atoms with Gasteiger partial charge in [-0.2, -0.15) is 0 Å². The zero-order chi connectivity index (χ0) is 22.7. The highest BCUT2D eigenvalue weighted by Gasteiger charge is 2.20. The molecule has 0 aliphatic rings. The number of rotatable bonds is 8. The van der Waals surface area contributed by atoms with Crippen molar-refractivity contribution in [3.63, 3.8) is 0 Å². The molecule has 7 heteroatoms. The van der Waals surface area contributed by atoms with Crippen LogP contribution in [0.4, 0.5) is 5.69 Å². The highest BCUT2D eigenvalue weighted by atomic mass is 32.2. The van der Waals surface area contributed by atoms with Crippen LogP contribution >= 0.6 is 0 Å². The number of anilines is 1. The van der Waals surface area contributed by atoms with E-state index in [9.17, 15) is 13.2 Å².